The van der Waals surface area contributed by atoms with E-state index in [0.717, 1.165) is 31.5 Å². The van der Waals surface area contributed by atoms with E-state index in [4.69, 9.17) is 9.47 Å². The molecule has 0 aliphatic carbocycles. The van der Waals surface area contributed by atoms with Crippen LogP contribution in [0.25, 0.3) is 0 Å². The Kier molecular flexibility index (Phi) is 5.88. The third-order valence-electron chi connectivity index (χ3n) is 4.35. The molecule has 3 rings (SSSR count). The van der Waals surface area contributed by atoms with Crippen molar-refractivity contribution in [3.8, 4) is 11.5 Å². The van der Waals surface area contributed by atoms with Crippen molar-refractivity contribution < 1.29 is 14.3 Å². The predicted octanol–water partition coefficient (Wildman–Crippen LogP) is 2.81. The van der Waals surface area contributed by atoms with Gasteiger partial charge >= 0.3 is 0 Å². The zero-order valence-corrected chi connectivity index (χ0v) is 15.3. The van der Waals surface area contributed by atoms with E-state index in [-0.39, 0.29) is 12.3 Å². The maximum atomic E-state index is 12.4. The van der Waals surface area contributed by atoms with Crippen molar-refractivity contribution in [2.75, 3.05) is 32.6 Å². The Morgan fingerprint density at radius 3 is 2.84 bits per heavy atom. The minimum absolute atomic E-state index is 0.113. The molecule has 0 bridgehead atoms. The third-order valence-corrected chi connectivity index (χ3v) is 5.43. The quantitative estimate of drug-likeness (QED) is 0.828. The molecule has 1 aromatic heterocycles. The van der Waals surface area contributed by atoms with Crippen LogP contribution in [-0.4, -0.2) is 38.2 Å². The van der Waals surface area contributed by atoms with Crippen molar-refractivity contribution in [3.05, 3.63) is 34.8 Å². The zero-order valence-electron chi connectivity index (χ0n) is 14.5. The van der Waals surface area contributed by atoms with E-state index in [1.807, 2.05) is 18.3 Å². The number of aromatic nitrogens is 1. The van der Waals surface area contributed by atoms with Gasteiger partial charge in [0.2, 0.25) is 5.91 Å². The van der Waals surface area contributed by atoms with E-state index in [1.165, 1.54) is 4.88 Å². The van der Waals surface area contributed by atoms with Crippen LogP contribution in [-0.2, 0) is 11.2 Å². The highest BCUT2D eigenvalue weighted by Gasteiger charge is 2.18. The molecule has 7 heteroatoms. The van der Waals surface area contributed by atoms with Crippen LogP contribution in [0.2, 0.25) is 0 Å². The number of nitrogens with one attached hydrogen (secondary N) is 2. The normalized spacial score (nSPS) is 15.0. The van der Waals surface area contributed by atoms with Gasteiger partial charge in [0.15, 0.2) is 5.13 Å². The SMILES string of the molecule is COc1ccc(OC)c(CC(=O)Nc2ncc(C3CCNCC3)s2)c1. The molecule has 1 aliphatic heterocycles. The van der Waals surface area contributed by atoms with Crippen molar-refractivity contribution in [3.63, 3.8) is 0 Å². The van der Waals surface area contributed by atoms with E-state index in [2.05, 4.69) is 15.6 Å². The predicted molar refractivity (Wildman–Crippen MR) is 98.8 cm³/mol. The fourth-order valence-electron chi connectivity index (χ4n) is 3.00. The molecule has 2 N–H and O–H groups in total. The van der Waals surface area contributed by atoms with Gasteiger partial charge in [-0.05, 0) is 50.0 Å². The molecule has 0 unspecified atom stereocenters. The molecular weight excluding hydrogens is 338 g/mol. The van der Waals surface area contributed by atoms with E-state index in [9.17, 15) is 4.79 Å². The maximum absolute atomic E-state index is 12.4. The molecule has 1 aliphatic rings. The van der Waals surface area contributed by atoms with Crippen LogP contribution in [0.3, 0.4) is 0 Å². The molecule has 2 aromatic rings. The smallest absolute Gasteiger partial charge is 0.230 e. The summed E-state index contributed by atoms with van der Waals surface area (Å²) in [4.78, 5) is 18.0. The molecule has 1 saturated heterocycles. The second kappa shape index (κ2) is 8.31. The largest absolute Gasteiger partial charge is 0.497 e. The first-order valence-electron chi connectivity index (χ1n) is 8.37. The molecule has 134 valence electrons. The summed E-state index contributed by atoms with van der Waals surface area (Å²) < 4.78 is 10.5. The monoisotopic (exact) mass is 361 g/mol. The van der Waals surface area contributed by atoms with Gasteiger partial charge in [-0.2, -0.15) is 0 Å². The minimum atomic E-state index is -0.113. The van der Waals surface area contributed by atoms with Crippen LogP contribution in [0, 0.1) is 0 Å². The average molecular weight is 361 g/mol. The number of ether oxygens (including phenoxy) is 2. The number of carbonyl (C=O) groups is 1. The van der Waals surface area contributed by atoms with Crippen LogP contribution >= 0.6 is 11.3 Å². The fraction of sp³-hybridized carbons (Fsp3) is 0.444. The Morgan fingerprint density at radius 1 is 1.32 bits per heavy atom. The molecule has 6 nitrogen and oxygen atoms in total. The number of methoxy groups -OCH3 is 2. The topological polar surface area (TPSA) is 72.5 Å². The van der Waals surface area contributed by atoms with Crippen molar-refractivity contribution >= 4 is 22.4 Å². The van der Waals surface area contributed by atoms with Gasteiger partial charge in [-0.25, -0.2) is 4.98 Å². The van der Waals surface area contributed by atoms with E-state index >= 15 is 0 Å². The summed E-state index contributed by atoms with van der Waals surface area (Å²) in [6, 6.07) is 5.44. The van der Waals surface area contributed by atoms with Crippen LogP contribution in [0.5, 0.6) is 11.5 Å². The van der Waals surface area contributed by atoms with Gasteiger partial charge in [0.25, 0.3) is 0 Å². The Balaban J connectivity index is 1.64. The lowest BCUT2D eigenvalue weighted by Crippen LogP contribution is -2.26. The number of benzene rings is 1. The van der Waals surface area contributed by atoms with Gasteiger partial charge in [0.05, 0.1) is 20.6 Å². The number of piperidine rings is 1. The minimum Gasteiger partial charge on any atom is -0.497 e. The number of rotatable bonds is 6. The van der Waals surface area contributed by atoms with Crippen molar-refractivity contribution in [2.45, 2.75) is 25.2 Å². The molecule has 0 atom stereocenters. The second-order valence-corrected chi connectivity index (χ2v) is 7.06. The first-order valence-corrected chi connectivity index (χ1v) is 9.18. The van der Waals surface area contributed by atoms with Crippen LogP contribution in [0.1, 0.15) is 29.2 Å². The molecule has 0 spiro atoms. The lowest BCUT2D eigenvalue weighted by molar-refractivity contribution is -0.115. The highest BCUT2D eigenvalue weighted by molar-refractivity contribution is 7.15. The van der Waals surface area contributed by atoms with Crippen LogP contribution in [0.4, 0.5) is 5.13 Å². The highest BCUT2D eigenvalue weighted by Crippen LogP contribution is 2.32. The first-order chi connectivity index (χ1) is 12.2. The number of carbonyl (C=O) groups excluding carboxylic acids is 1. The van der Waals surface area contributed by atoms with Gasteiger partial charge in [0.1, 0.15) is 11.5 Å². The molecular formula is C18H23N3O3S. The van der Waals surface area contributed by atoms with Crippen molar-refractivity contribution in [1.29, 1.82) is 0 Å². The highest BCUT2D eigenvalue weighted by atomic mass is 32.1. The van der Waals surface area contributed by atoms with E-state index < -0.39 is 0 Å². The lowest BCUT2D eigenvalue weighted by atomic mass is 9.97. The molecule has 1 aromatic carbocycles. The summed E-state index contributed by atoms with van der Waals surface area (Å²) in [6.45, 7) is 2.08. The standard InChI is InChI=1S/C18H23N3O3S/c1-23-14-3-4-15(24-2)13(9-14)10-17(22)21-18-20-11-16(25-18)12-5-7-19-8-6-12/h3-4,9,11-12,19H,5-8,10H2,1-2H3,(H,20,21,22). The number of anilines is 1. The third kappa shape index (κ3) is 4.49. The zero-order chi connectivity index (χ0) is 17.6. The van der Waals surface area contributed by atoms with Gasteiger partial charge in [-0.15, -0.1) is 11.3 Å². The number of thiazole rings is 1. The Labute approximate surface area is 151 Å². The Morgan fingerprint density at radius 2 is 2.12 bits per heavy atom. The molecule has 1 fully saturated rings. The molecule has 0 radical (unpaired) electrons. The molecule has 1 amide bonds. The summed E-state index contributed by atoms with van der Waals surface area (Å²) in [5.41, 5.74) is 0.787. The molecule has 2 heterocycles. The van der Waals surface area contributed by atoms with Gasteiger partial charge in [-0.3, -0.25) is 4.79 Å². The summed E-state index contributed by atoms with van der Waals surface area (Å²) in [5, 5.41) is 6.91. The first kappa shape index (κ1) is 17.7. The van der Waals surface area contributed by atoms with Gasteiger partial charge < -0.3 is 20.1 Å². The molecule has 0 saturated carbocycles. The molecule has 25 heavy (non-hydrogen) atoms. The number of amides is 1. The summed E-state index contributed by atoms with van der Waals surface area (Å²) in [7, 11) is 3.19. The Hall–Kier alpha value is -2.12. The van der Waals surface area contributed by atoms with E-state index in [0.29, 0.717) is 22.5 Å². The maximum Gasteiger partial charge on any atom is 0.230 e. The van der Waals surface area contributed by atoms with Gasteiger partial charge in [0, 0.05) is 16.6 Å². The van der Waals surface area contributed by atoms with Crippen molar-refractivity contribution in [2.24, 2.45) is 0 Å². The number of hydrogen-bond donors (Lipinski definition) is 2. The van der Waals surface area contributed by atoms with Crippen LogP contribution < -0.4 is 20.1 Å². The summed E-state index contributed by atoms with van der Waals surface area (Å²) >= 11 is 1.57. The lowest BCUT2D eigenvalue weighted by Gasteiger charge is -2.20. The number of nitrogens with zero attached hydrogens (tertiary/aromatic N) is 1. The van der Waals surface area contributed by atoms with E-state index in [1.54, 1.807) is 31.6 Å². The van der Waals surface area contributed by atoms with Gasteiger partial charge in [-0.1, -0.05) is 0 Å². The number of hydrogen-bond acceptors (Lipinski definition) is 6. The summed E-state index contributed by atoms with van der Waals surface area (Å²) in [5.74, 6) is 1.80. The fourth-order valence-corrected chi connectivity index (χ4v) is 4.00. The second-order valence-electron chi connectivity index (χ2n) is 5.99. The van der Waals surface area contributed by atoms with Crippen LogP contribution in [0.15, 0.2) is 24.4 Å². The Bertz CT molecular complexity index is 726. The average Bonchev–Trinajstić information content (AvgIpc) is 3.10. The van der Waals surface area contributed by atoms with Crippen molar-refractivity contribution in [1.82, 2.24) is 10.3 Å². The summed E-state index contributed by atoms with van der Waals surface area (Å²) in [6.07, 6.45) is 4.35.